The standard InChI is InChI=1S/C21H22ClN3O2/c1-15(11-12-17-7-4-3-5-8-17)24-25-21(27)14-13-20(26)23-19-10-6-9-18(22)16(19)2/h3-12H,13-14H2,1-2H3,(H,23,26)(H,25,27)/b12-11-,24-15?. The number of hydrogen-bond acceptors (Lipinski definition) is 3. The SMILES string of the molecule is CC(/C=C\c1ccccc1)=NNC(=O)CCC(=O)Nc1cccc(Cl)c1C. The third-order valence-electron chi connectivity index (χ3n) is 3.79. The largest absolute Gasteiger partial charge is 0.326 e. The molecule has 0 spiro atoms. The Morgan fingerprint density at radius 2 is 1.74 bits per heavy atom. The quantitative estimate of drug-likeness (QED) is 0.543. The zero-order valence-corrected chi connectivity index (χ0v) is 16.1. The number of hydrogen-bond donors (Lipinski definition) is 2. The van der Waals surface area contributed by atoms with Crippen LogP contribution in [0.15, 0.2) is 59.7 Å². The number of rotatable bonds is 7. The Bertz CT molecular complexity index is 861. The molecule has 0 atom stereocenters. The molecule has 27 heavy (non-hydrogen) atoms. The fourth-order valence-electron chi connectivity index (χ4n) is 2.21. The summed E-state index contributed by atoms with van der Waals surface area (Å²) < 4.78 is 0. The van der Waals surface area contributed by atoms with Crippen LogP contribution in [0.2, 0.25) is 5.02 Å². The summed E-state index contributed by atoms with van der Waals surface area (Å²) in [5, 5.41) is 7.35. The van der Waals surface area contributed by atoms with Crippen LogP contribution in [0.25, 0.3) is 6.08 Å². The van der Waals surface area contributed by atoms with Gasteiger partial charge in [0.25, 0.3) is 0 Å². The van der Waals surface area contributed by atoms with Gasteiger partial charge in [-0.3, -0.25) is 9.59 Å². The van der Waals surface area contributed by atoms with E-state index in [1.807, 2.05) is 49.4 Å². The lowest BCUT2D eigenvalue weighted by atomic mass is 10.2. The highest BCUT2D eigenvalue weighted by Gasteiger charge is 2.09. The molecule has 2 N–H and O–H groups in total. The van der Waals surface area contributed by atoms with E-state index in [2.05, 4.69) is 15.8 Å². The number of allylic oxidation sites excluding steroid dienone is 1. The van der Waals surface area contributed by atoms with Crippen LogP contribution in [0, 0.1) is 6.92 Å². The first-order valence-corrected chi connectivity index (χ1v) is 8.94. The van der Waals surface area contributed by atoms with Crippen LogP contribution >= 0.6 is 11.6 Å². The number of carbonyl (C=O) groups is 2. The first-order valence-electron chi connectivity index (χ1n) is 8.57. The zero-order valence-electron chi connectivity index (χ0n) is 15.3. The van der Waals surface area contributed by atoms with Crippen LogP contribution in [0.3, 0.4) is 0 Å². The van der Waals surface area contributed by atoms with E-state index < -0.39 is 0 Å². The minimum absolute atomic E-state index is 0.0463. The number of halogens is 1. The first kappa shape index (κ1) is 20.4. The number of carbonyl (C=O) groups excluding carboxylic acids is 2. The summed E-state index contributed by atoms with van der Waals surface area (Å²) in [6.45, 7) is 3.61. The highest BCUT2D eigenvalue weighted by atomic mass is 35.5. The van der Waals surface area contributed by atoms with Crippen molar-refractivity contribution in [2.75, 3.05) is 5.32 Å². The molecule has 6 heteroatoms. The molecule has 0 aliphatic heterocycles. The van der Waals surface area contributed by atoms with Crippen LogP contribution < -0.4 is 10.7 Å². The van der Waals surface area contributed by atoms with Crippen molar-refractivity contribution < 1.29 is 9.59 Å². The molecule has 2 aromatic carbocycles. The van der Waals surface area contributed by atoms with Gasteiger partial charge in [-0.15, -0.1) is 0 Å². The summed E-state index contributed by atoms with van der Waals surface area (Å²) in [5.74, 6) is -0.569. The second-order valence-electron chi connectivity index (χ2n) is 5.99. The highest BCUT2D eigenvalue weighted by Crippen LogP contribution is 2.23. The molecule has 0 aromatic heterocycles. The van der Waals surface area contributed by atoms with Gasteiger partial charge in [0, 0.05) is 23.6 Å². The van der Waals surface area contributed by atoms with Gasteiger partial charge in [0.15, 0.2) is 0 Å². The van der Waals surface area contributed by atoms with Crippen molar-refractivity contribution in [3.05, 3.63) is 70.8 Å². The maximum atomic E-state index is 12.0. The average Bonchev–Trinajstić information content (AvgIpc) is 2.67. The zero-order chi connectivity index (χ0) is 19.6. The van der Waals surface area contributed by atoms with E-state index in [0.29, 0.717) is 16.4 Å². The lowest BCUT2D eigenvalue weighted by molar-refractivity contribution is -0.124. The fourth-order valence-corrected chi connectivity index (χ4v) is 2.38. The molecule has 0 bridgehead atoms. The molecule has 0 unspecified atom stereocenters. The van der Waals surface area contributed by atoms with Gasteiger partial charge >= 0.3 is 0 Å². The number of nitrogens with one attached hydrogen (secondary N) is 2. The van der Waals surface area contributed by atoms with E-state index in [-0.39, 0.29) is 24.7 Å². The number of hydrazone groups is 1. The smallest absolute Gasteiger partial charge is 0.240 e. The summed E-state index contributed by atoms with van der Waals surface area (Å²) in [4.78, 5) is 23.9. The molecule has 0 fully saturated rings. The maximum absolute atomic E-state index is 12.0. The Morgan fingerprint density at radius 3 is 2.48 bits per heavy atom. The minimum atomic E-state index is -0.319. The van der Waals surface area contributed by atoms with Crippen molar-refractivity contribution in [1.29, 1.82) is 0 Å². The summed E-state index contributed by atoms with van der Waals surface area (Å²) in [5.41, 5.74) is 5.60. The van der Waals surface area contributed by atoms with E-state index >= 15 is 0 Å². The van der Waals surface area contributed by atoms with Crippen molar-refractivity contribution in [3.63, 3.8) is 0 Å². The molecule has 2 aromatic rings. The van der Waals surface area contributed by atoms with Crippen LogP contribution in [0.4, 0.5) is 5.69 Å². The molecule has 2 rings (SSSR count). The maximum Gasteiger partial charge on any atom is 0.240 e. The first-order chi connectivity index (χ1) is 13.0. The summed E-state index contributed by atoms with van der Waals surface area (Å²) in [6.07, 6.45) is 3.83. The van der Waals surface area contributed by atoms with Crippen molar-refractivity contribution >= 4 is 40.9 Å². The molecule has 0 saturated heterocycles. The Kier molecular flexibility index (Phi) is 7.77. The number of nitrogens with zero attached hydrogens (tertiary/aromatic N) is 1. The summed E-state index contributed by atoms with van der Waals surface area (Å²) >= 11 is 6.02. The van der Waals surface area contributed by atoms with E-state index in [1.165, 1.54) is 0 Å². The van der Waals surface area contributed by atoms with E-state index in [9.17, 15) is 9.59 Å². The molecule has 0 aliphatic rings. The molecule has 0 radical (unpaired) electrons. The van der Waals surface area contributed by atoms with Crippen molar-refractivity contribution in [2.24, 2.45) is 5.10 Å². The Hall–Kier alpha value is -2.92. The van der Waals surface area contributed by atoms with Gasteiger partial charge in [-0.1, -0.05) is 54.1 Å². The van der Waals surface area contributed by atoms with Gasteiger partial charge in [0.2, 0.25) is 11.8 Å². The molecule has 140 valence electrons. The van der Waals surface area contributed by atoms with Crippen LogP contribution in [-0.4, -0.2) is 17.5 Å². The Balaban J connectivity index is 1.77. The summed E-state index contributed by atoms with van der Waals surface area (Å²) in [6, 6.07) is 15.1. The van der Waals surface area contributed by atoms with E-state index in [4.69, 9.17) is 11.6 Å². The lowest BCUT2D eigenvalue weighted by Crippen LogP contribution is -2.21. The number of anilines is 1. The van der Waals surface area contributed by atoms with E-state index in [1.54, 1.807) is 25.1 Å². The van der Waals surface area contributed by atoms with Crippen LogP contribution in [0.5, 0.6) is 0 Å². The predicted molar refractivity (Wildman–Crippen MR) is 111 cm³/mol. The van der Waals surface area contributed by atoms with Crippen molar-refractivity contribution in [2.45, 2.75) is 26.7 Å². The monoisotopic (exact) mass is 383 g/mol. The van der Waals surface area contributed by atoms with Gasteiger partial charge in [0.1, 0.15) is 0 Å². The van der Waals surface area contributed by atoms with Gasteiger partial charge in [-0.05, 0) is 43.2 Å². The Morgan fingerprint density at radius 1 is 1.04 bits per heavy atom. The molecule has 5 nitrogen and oxygen atoms in total. The van der Waals surface area contributed by atoms with E-state index in [0.717, 1.165) is 11.1 Å². The lowest BCUT2D eigenvalue weighted by Gasteiger charge is -2.09. The van der Waals surface area contributed by atoms with Gasteiger partial charge in [0.05, 0.1) is 5.71 Å². The molecule has 2 amide bonds. The molecule has 0 saturated carbocycles. The Labute approximate surface area is 164 Å². The van der Waals surface area contributed by atoms with Gasteiger partial charge in [-0.25, -0.2) is 5.43 Å². The normalized spacial score (nSPS) is 11.4. The van der Waals surface area contributed by atoms with Crippen LogP contribution in [0.1, 0.15) is 30.9 Å². The number of amides is 2. The van der Waals surface area contributed by atoms with Crippen molar-refractivity contribution in [3.8, 4) is 0 Å². The topological polar surface area (TPSA) is 70.6 Å². The molecule has 0 heterocycles. The second kappa shape index (κ2) is 10.3. The van der Waals surface area contributed by atoms with Crippen molar-refractivity contribution in [1.82, 2.24) is 5.43 Å². The number of benzene rings is 2. The van der Waals surface area contributed by atoms with Gasteiger partial charge < -0.3 is 5.32 Å². The second-order valence-corrected chi connectivity index (χ2v) is 6.40. The summed E-state index contributed by atoms with van der Waals surface area (Å²) in [7, 11) is 0. The van der Waals surface area contributed by atoms with Gasteiger partial charge in [-0.2, -0.15) is 5.10 Å². The predicted octanol–water partition coefficient (Wildman–Crippen LogP) is 4.57. The third kappa shape index (κ3) is 7.07. The molecule has 0 aliphatic carbocycles. The third-order valence-corrected chi connectivity index (χ3v) is 4.20. The molecular formula is C21H22ClN3O2. The van der Waals surface area contributed by atoms with Crippen LogP contribution in [-0.2, 0) is 9.59 Å². The fraction of sp³-hybridized carbons (Fsp3) is 0.190. The highest BCUT2D eigenvalue weighted by molar-refractivity contribution is 6.31. The molecular weight excluding hydrogens is 362 g/mol. The minimum Gasteiger partial charge on any atom is -0.326 e. The average molecular weight is 384 g/mol.